The van der Waals surface area contributed by atoms with Gasteiger partial charge in [0.05, 0.1) is 6.10 Å². The Morgan fingerprint density at radius 2 is 1.90 bits per heavy atom. The van der Waals surface area contributed by atoms with Crippen molar-refractivity contribution in [3.05, 3.63) is 24.3 Å². The zero-order chi connectivity index (χ0) is 15.4. The minimum atomic E-state index is -0.140. The van der Waals surface area contributed by atoms with Gasteiger partial charge in [0.1, 0.15) is 0 Å². The van der Waals surface area contributed by atoms with Crippen LogP contribution >= 0.6 is 0 Å². The predicted molar refractivity (Wildman–Crippen MR) is 89.0 cm³/mol. The van der Waals surface area contributed by atoms with Crippen LogP contribution in [-0.4, -0.2) is 11.2 Å². The topological polar surface area (TPSA) is 20.2 Å². The fourth-order valence-corrected chi connectivity index (χ4v) is 5.93. The molecule has 0 saturated heterocycles. The molecule has 3 fully saturated rings. The molecule has 0 aliphatic heterocycles. The Morgan fingerprint density at radius 3 is 2.57 bits per heavy atom. The van der Waals surface area contributed by atoms with E-state index in [1.165, 1.54) is 36.8 Å². The van der Waals surface area contributed by atoms with E-state index in [0.29, 0.717) is 17.3 Å². The van der Waals surface area contributed by atoms with Gasteiger partial charge in [-0.15, -0.1) is 0 Å². The summed E-state index contributed by atoms with van der Waals surface area (Å²) in [6, 6.07) is 0. The Labute approximate surface area is 130 Å². The average Bonchev–Trinajstić information content (AvgIpc) is 2.69. The summed E-state index contributed by atoms with van der Waals surface area (Å²) in [5.41, 5.74) is 3.26. The molecule has 0 aromatic carbocycles. The molecule has 0 aromatic rings. The maximum absolute atomic E-state index is 10.7. The lowest BCUT2D eigenvalue weighted by molar-refractivity contribution is -0.0291. The van der Waals surface area contributed by atoms with Gasteiger partial charge in [0.25, 0.3) is 0 Å². The average molecular weight is 288 g/mol. The molecule has 118 valence electrons. The summed E-state index contributed by atoms with van der Waals surface area (Å²) >= 11 is 0. The highest BCUT2D eigenvalue weighted by molar-refractivity contribution is 5.18. The van der Waals surface area contributed by atoms with Crippen LogP contribution in [0.1, 0.15) is 65.7 Å². The minimum Gasteiger partial charge on any atom is -0.393 e. The fourth-order valence-electron chi connectivity index (χ4n) is 5.93. The van der Waals surface area contributed by atoms with Crippen molar-refractivity contribution < 1.29 is 5.11 Å². The van der Waals surface area contributed by atoms with Crippen molar-refractivity contribution in [1.82, 2.24) is 0 Å². The molecular formula is C20H32O. The Morgan fingerprint density at radius 1 is 1.19 bits per heavy atom. The van der Waals surface area contributed by atoms with E-state index in [4.69, 9.17) is 0 Å². The first kappa shape index (κ1) is 15.3. The van der Waals surface area contributed by atoms with Crippen LogP contribution in [0.2, 0.25) is 0 Å². The van der Waals surface area contributed by atoms with Crippen molar-refractivity contribution in [1.29, 1.82) is 0 Å². The molecule has 1 nitrogen and oxygen atoms in total. The number of aliphatic hydroxyl groups is 1. The van der Waals surface area contributed by atoms with Crippen LogP contribution in [0.15, 0.2) is 24.3 Å². The molecule has 3 aliphatic carbocycles. The van der Waals surface area contributed by atoms with Gasteiger partial charge in [-0.3, -0.25) is 0 Å². The van der Waals surface area contributed by atoms with Crippen molar-refractivity contribution >= 4 is 0 Å². The Kier molecular flexibility index (Phi) is 3.64. The Balaban J connectivity index is 1.95. The van der Waals surface area contributed by atoms with Crippen LogP contribution in [0.5, 0.6) is 0 Å². The summed E-state index contributed by atoms with van der Waals surface area (Å²) in [5.74, 6) is 1.97. The maximum atomic E-state index is 10.7. The minimum absolute atomic E-state index is 0.0578. The monoisotopic (exact) mass is 288 g/mol. The first-order chi connectivity index (χ1) is 9.78. The second kappa shape index (κ2) is 4.98. The SMILES string of the molecule is C=C(C)C1CCC2(C)CC3C(=C)CCC(O)C3(C)CCC12. The summed E-state index contributed by atoms with van der Waals surface area (Å²) in [5, 5.41) is 10.7. The highest BCUT2D eigenvalue weighted by atomic mass is 16.3. The van der Waals surface area contributed by atoms with Gasteiger partial charge in [0, 0.05) is 5.41 Å². The number of aliphatic hydroxyl groups excluding tert-OH is 1. The van der Waals surface area contributed by atoms with Crippen LogP contribution in [0.4, 0.5) is 0 Å². The highest BCUT2D eigenvalue weighted by Crippen LogP contribution is 2.62. The molecule has 0 bridgehead atoms. The zero-order valence-corrected chi connectivity index (χ0v) is 14.1. The second-order valence-corrected chi connectivity index (χ2v) is 8.77. The first-order valence-electron chi connectivity index (χ1n) is 8.79. The van der Waals surface area contributed by atoms with Crippen LogP contribution in [0.3, 0.4) is 0 Å². The van der Waals surface area contributed by atoms with Crippen LogP contribution in [0, 0.1) is 28.6 Å². The lowest BCUT2D eigenvalue weighted by atomic mass is 9.59. The van der Waals surface area contributed by atoms with Crippen molar-refractivity contribution in [2.75, 3.05) is 0 Å². The Bertz CT molecular complexity index is 464. The van der Waals surface area contributed by atoms with Gasteiger partial charge in [0.15, 0.2) is 0 Å². The summed E-state index contributed by atoms with van der Waals surface area (Å²) in [7, 11) is 0. The van der Waals surface area contributed by atoms with Gasteiger partial charge in [-0.1, -0.05) is 38.2 Å². The Hall–Kier alpha value is -0.560. The first-order valence-corrected chi connectivity index (χ1v) is 8.79. The van der Waals surface area contributed by atoms with E-state index < -0.39 is 0 Å². The lowest BCUT2D eigenvalue weighted by Crippen LogP contribution is -2.44. The lowest BCUT2D eigenvalue weighted by Gasteiger charge is -2.47. The number of rotatable bonds is 1. The van der Waals surface area contributed by atoms with Gasteiger partial charge >= 0.3 is 0 Å². The molecule has 0 heterocycles. The normalized spacial score (nSPS) is 50.2. The molecule has 1 N–H and O–H groups in total. The molecule has 6 unspecified atom stereocenters. The van der Waals surface area contributed by atoms with Crippen LogP contribution in [0.25, 0.3) is 0 Å². The second-order valence-electron chi connectivity index (χ2n) is 8.77. The number of allylic oxidation sites excluding steroid dienone is 2. The van der Waals surface area contributed by atoms with E-state index in [2.05, 4.69) is 33.9 Å². The molecule has 3 rings (SSSR count). The fraction of sp³-hybridized carbons (Fsp3) is 0.800. The van der Waals surface area contributed by atoms with Gasteiger partial charge < -0.3 is 5.11 Å². The summed E-state index contributed by atoms with van der Waals surface area (Å²) in [6.07, 6.45) is 8.07. The van der Waals surface area contributed by atoms with E-state index in [9.17, 15) is 5.11 Å². The maximum Gasteiger partial charge on any atom is 0.0602 e. The van der Waals surface area contributed by atoms with Gasteiger partial charge in [-0.2, -0.15) is 0 Å². The quantitative estimate of drug-likeness (QED) is 0.665. The van der Waals surface area contributed by atoms with Crippen LogP contribution < -0.4 is 0 Å². The summed E-state index contributed by atoms with van der Waals surface area (Å²) < 4.78 is 0. The molecule has 0 spiro atoms. The van der Waals surface area contributed by atoms with E-state index in [-0.39, 0.29) is 11.5 Å². The van der Waals surface area contributed by atoms with Gasteiger partial charge in [0.2, 0.25) is 0 Å². The third-order valence-electron chi connectivity index (χ3n) is 7.49. The molecule has 1 heteroatoms. The smallest absolute Gasteiger partial charge is 0.0602 e. The molecule has 0 radical (unpaired) electrons. The number of fused-ring (bicyclic) bond motifs is 2. The molecule has 0 amide bonds. The van der Waals surface area contributed by atoms with Gasteiger partial charge in [-0.25, -0.2) is 0 Å². The van der Waals surface area contributed by atoms with E-state index in [0.717, 1.165) is 25.2 Å². The van der Waals surface area contributed by atoms with E-state index in [1.807, 2.05) is 0 Å². The highest BCUT2D eigenvalue weighted by Gasteiger charge is 2.55. The van der Waals surface area contributed by atoms with Crippen LogP contribution in [-0.2, 0) is 0 Å². The van der Waals surface area contributed by atoms with Crippen molar-refractivity contribution in [2.45, 2.75) is 71.8 Å². The summed E-state index contributed by atoms with van der Waals surface area (Å²) in [6.45, 7) is 15.7. The van der Waals surface area contributed by atoms with Crippen molar-refractivity contribution in [2.24, 2.45) is 28.6 Å². The largest absolute Gasteiger partial charge is 0.393 e. The van der Waals surface area contributed by atoms with Gasteiger partial charge in [-0.05, 0) is 75.0 Å². The third kappa shape index (κ3) is 2.23. The van der Waals surface area contributed by atoms with Crippen molar-refractivity contribution in [3.8, 4) is 0 Å². The standard InChI is InChI=1S/C20H32O/c1-13(2)15-8-10-19(4)12-17-14(3)6-7-18(21)20(17,5)11-9-16(15)19/h15-18,21H,1,3,6-12H2,2,4-5H3. The summed E-state index contributed by atoms with van der Waals surface area (Å²) in [4.78, 5) is 0. The number of hydrogen-bond acceptors (Lipinski definition) is 1. The van der Waals surface area contributed by atoms with E-state index in [1.54, 1.807) is 0 Å². The zero-order valence-electron chi connectivity index (χ0n) is 14.1. The molecule has 6 atom stereocenters. The third-order valence-corrected chi connectivity index (χ3v) is 7.49. The predicted octanol–water partition coefficient (Wildman–Crippen LogP) is 5.11. The molecule has 0 aromatic heterocycles. The van der Waals surface area contributed by atoms with Crippen molar-refractivity contribution in [3.63, 3.8) is 0 Å². The number of hydrogen-bond donors (Lipinski definition) is 1. The molecule has 21 heavy (non-hydrogen) atoms. The molecule has 3 saturated carbocycles. The molecular weight excluding hydrogens is 256 g/mol. The van der Waals surface area contributed by atoms with E-state index >= 15 is 0 Å². The molecule has 3 aliphatic rings.